The Bertz CT molecular complexity index is 752. The van der Waals surface area contributed by atoms with Gasteiger partial charge in [0.25, 0.3) is 0 Å². The first-order valence-corrected chi connectivity index (χ1v) is 6.93. The van der Waals surface area contributed by atoms with E-state index >= 15 is 0 Å². The van der Waals surface area contributed by atoms with Crippen LogP contribution in [-0.4, -0.2) is 29.8 Å². The fraction of sp³-hybridized carbons (Fsp3) is 0.333. The van der Waals surface area contributed by atoms with E-state index < -0.39 is 6.10 Å². The molecule has 6 nitrogen and oxygen atoms in total. The third-order valence-corrected chi connectivity index (χ3v) is 3.32. The van der Waals surface area contributed by atoms with Crippen molar-refractivity contribution in [3.8, 4) is 0 Å². The molecule has 0 aliphatic rings. The van der Waals surface area contributed by atoms with Crippen LogP contribution in [0.4, 0.5) is 0 Å². The number of benzene rings is 1. The standard InChI is InChI=1S/C15H17N5O/c1-10(2)20-15(17-9-18-20)7-14(21)13-8-16-11-5-3-4-6-12(11)19-13/h3-6,8-10,14,21H,7H2,1-2H3. The molecule has 0 spiro atoms. The molecule has 0 aliphatic carbocycles. The summed E-state index contributed by atoms with van der Waals surface area (Å²) >= 11 is 0. The Morgan fingerprint density at radius 1 is 1.14 bits per heavy atom. The van der Waals surface area contributed by atoms with Gasteiger partial charge in [-0.2, -0.15) is 5.10 Å². The van der Waals surface area contributed by atoms with E-state index in [4.69, 9.17) is 0 Å². The summed E-state index contributed by atoms with van der Waals surface area (Å²) in [4.78, 5) is 13.0. The second-order valence-corrected chi connectivity index (χ2v) is 5.22. The highest BCUT2D eigenvalue weighted by atomic mass is 16.3. The Balaban J connectivity index is 1.86. The van der Waals surface area contributed by atoms with Crippen LogP contribution in [0.2, 0.25) is 0 Å². The predicted octanol–water partition coefficient (Wildman–Crippen LogP) is 2.08. The van der Waals surface area contributed by atoms with E-state index in [0.717, 1.165) is 16.9 Å². The summed E-state index contributed by atoms with van der Waals surface area (Å²) in [7, 11) is 0. The van der Waals surface area contributed by atoms with Crippen LogP contribution < -0.4 is 0 Å². The van der Waals surface area contributed by atoms with Crippen LogP contribution in [0.1, 0.15) is 37.5 Å². The molecule has 21 heavy (non-hydrogen) atoms. The Kier molecular flexibility index (Phi) is 3.62. The van der Waals surface area contributed by atoms with Gasteiger partial charge in [-0.25, -0.2) is 14.6 Å². The SMILES string of the molecule is CC(C)n1ncnc1CC(O)c1cnc2ccccc2n1. The van der Waals surface area contributed by atoms with Crippen molar-refractivity contribution < 1.29 is 5.11 Å². The molecule has 2 aromatic heterocycles. The summed E-state index contributed by atoms with van der Waals surface area (Å²) in [5.41, 5.74) is 2.14. The lowest BCUT2D eigenvalue weighted by atomic mass is 10.1. The fourth-order valence-corrected chi connectivity index (χ4v) is 2.26. The molecule has 1 aromatic carbocycles. The van der Waals surface area contributed by atoms with Gasteiger partial charge in [-0.15, -0.1) is 0 Å². The number of aliphatic hydroxyl groups excluding tert-OH is 1. The summed E-state index contributed by atoms with van der Waals surface area (Å²) in [6.45, 7) is 4.06. The van der Waals surface area contributed by atoms with Crippen molar-refractivity contribution in [2.75, 3.05) is 0 Å². The minimum absolute atomic E-state index is 0.206. The number of aliphatic hydroxyl groups is 1. The zero-order valence-electron chi connectivity index (χ0n) is 12.0. The fourth-order valence-electron chi connectivity index (χ4n) is 2.26. The minimum Gasteiger partial charge on any atom is -0.386 e. The first kappa shape index (κ1) is 13.6. The zero-order chi connectivity index (χ0) is 14.8. The van der Waals surface area contributed by atoms with Crippen molar-refractivity contribution in [2.45, 2.75) is 32.4 Å². The normalized spacial score (nSPS) is 13.0. The first-order chi connectivity index (χ1) is 10.1. The van der Waals surface area contributed by atoms with Crippen molar-refractivity contribution >= 4 is 11.0 Å². The molecule has 0 saturated carbocycles. The molecule has 1 unspecified atom stereocenters. The van der Waals surface area contributed by atoms with Crippen LogP contribution in [0.25, 0.3) is 11.0 Å². The van der Waals surface area contributed by atoms with Gasteiger partial charge in [0, 0.05) is 12.5 Å². The van der Waals surface area contributed by atoms with E-state index in [1.54, 1.807) is 10.9 Å². The molecule has 0 saturated heterocycles. The Morgan fingerprint density at radius 3 is 2.67 bits per heavy atom. The number of hydrogen-bond donors (Lipinski definition) is 1. The molecule has 108 valence electrons. The van der Waals surface area contributed by atoms with Crippen molar-refractivity contribution in [3.05, 3.63) is 48.3 Å². The van der Waals surface area contributed by atoms with E-state index in [-0.39, 0.29) is 6.04 Å². The third-order valence-electron chi connectivity index (χ3n) is 3.32. The highest BCUT2D eigenvalue weighted by molar-refractivity contribution is 5.73. The number of nitrogens with zero attached hydrogens (tertiary/aromatic N) is 5. The predicted molar refractivity (Wildman–Crippen MR) is 78.6 cm³/mol. The number of para-hydroxylation sites is 2. The van der Waals surface area contributed by atoms with E-state index in [9.17, 15) is 5.11 Å². The molecule has 0 amide bonds. The van der Waals surface area contributed by atoms with Gasteiger partial charge in [0.15, 0.2) is 0 Å². The topological polar surface area (TPSA) is 76.7 Å². The van der Waals surface area contributed by atoms with Gasteiger partial charge in [0.05, 0.1) is 22.9 Å². The van der Waals surface area contributed by atoms with E-state index in [2.05, 4.69) is 20.1 Å². The highest BCUT2D eigenvalue weighted by Crippen LogP contribution is 2.18. The smallest absolute Gasteiger partial charge is 0.138 e. The van der Waals surface area contributed by atoms with Crippen LogP contribution in [0.5, 0.6) is 0 Å². The molecule has 6 heteroatoms. The average Bonchev–Trinajstić information content (AvgIpc) is 2.95. The molecule has 2 heterocycles. The van der Waals surface area contributed by atoms with Gasteiger partial charge in [-0.3, -0.25) is 4.98 Å². The Hall–Kier alpha value is -2.34. The Morgan fingerprint density at radius 2 is 1.90 bits per heavy atom. The lowest BCUT2D eigenvalue weighted by molar-refractivity contribution is 0.168. The maximum Gasteiger partial charge on any atom is 0.138 e. The van der Waals surface area contributed by atoms with Crippen molar-refractivity contribution in [1.29, 1.82) is 0 Å². The van der Waals surface area contributed by atoms with Crippen LogP contribution in [-0.2, 0) is 6.42 Å². The van der Waals surface area contributed by atoms with Crippen molar-refractivity contribution in [2.24, 2.45) is 0 Å². The number of aromatic nitrogens is 5. The van der Waals surface area contributed by atoms with Gasteiger partial charge < -0.3 is 5.11 Å². The number of hydrogen-bond acceptors (Lipinski definition) is 5. The lowest BCUT2D eigenvalue weighted by Crippen LogP contribution is -2.13. The highest BCUT2D eigenvalue weighted by Gasteiger charge is 2.16. The maximum absolute atomic E-state index is 10.4. The Labute approximate surface area is 122 Å². The first-order valence-electron chi connectivity index (χ1n) is 6.93. The van der Waals surface area contributed by atoms with Crippen LogP contribution >= 0.6 is 0 Å². The van der Waals surface area contributed by atoms with Gasteiger partial charge >= 0.3 is 0 Å². The second kappa shape index (κ2) is 5.57. The second-order valence-electron chi connectivity index (χ2n) is 5.22. The molecule has 1 N–H and O–H groups in total. The van der Waals surface area contributed by atoms with Crippen LogP contribution in [0.3, 0.4) is 0 Å². The van der Waals surface area contributed by atoms with Gasteiger partial charge in [0.2, 0.25) is 0 Å². The van der Waals surface area contributed by atoms with Gasteiger partial charge in [-0.1, -0.05) is 12.1 Å². The lowest BCUT2D eigenvalue weighted by Gasteiger charge is -2.13. The molecular weight excluding hydrogens is 266 g/mol. The monoisotopic (exact) mass is 283 g/mol. The van der Waals surface area contributed by atoms with Gasteiger partial charge in [0.1, 0.15) is 18.3 Å². The quantitative estimate of drug-likeness (QED) is 0.793. The van der Waals surface area contributed by atoms with Crippen molar-refractivity contribution in [3.63, 3.8) is 0 Å². The minimum atomic E-state index is -0.746. The average molecular weight is 283 g/mol. The molecule has 3 rings (SSSR count). The molecule has 0 aliphatic heterocycles. The summed E-state index contributed by atoms with van der Waals surface area (Å²) in [6.07, 6.45) is 2.74. The maximum atomic E-state index is 10.4. The molecule has 0 bridgehead atoms. The molecule has 0 fully saturated rings. The number of fused-ring (bicyclic) bond motifs is 1. The van der Waals surface area contributed by atoms with E-state index in [1.165, 1.54) is 6.33 Å². The van der Waals surface area contributed by atoms with Gasteiger partial charge in [-0.05, 0) is 26.0 Å². The summed E-state index contributed by atoms with van der Waals surface area (Å²) in [5, 5.41) is 14.5. The summed E-state index contributed by atoms with van der Waals surface area (Å²) < 4.78 is 1.80. The summed E-state index contributed by atoms with van der Waals surface area (Å²) in [5.74, 6) is 0.743. The molecule has 3 aromatic rings. The van der Waals surface area contributed by atoms with E-state index in [1.807, 2.05) is 38.1 Å². The summed E-state index contributed by atoms with van der Waals surface area (Å²) in [6, 6.07) is 7.81. The zero-order valence-corrected chi connectivity index (χ0v) is 12.0. The van der Waals surface area contributed by atoms with Crippen LogP contribution in [0, 0.1) is 0 Å². The largest absolute Gasteiger partial charge is 0.386 e. The molecular formula is C15H17N5O. The van der Waals surface area contributed by atoms with Crippen LogP contribution in [0.15, 0.2) is 36.8 Å². The van der Waals surface area contributed by atoms with Crippen molar-refractivity contribution in [1.82, 2.24) is 24.7 Å². The third kappa shape index (κ3) is 2.75. The van der Waals surface area contributed by atoms with E-state index in [0.29, 0.717) is 12.1 Å². The molecule has 1 atom stereocenters. The number of rotatable bonds is 4. The molecule has 0 radical (unpaired) electrons.